The summed E-state index contributed by atoms with van der Waals surface area (Å²) in [7, 11) is 1.58. The molecule has 0 aliphatic heterocycles. The number of urea groups is 1. The fourth-order valence-corrected chi connectivity index (χ4v) is 2.67. The van der Waals surface area contributed by atoms with E-state index in [9.17, 15) is 9.59 Å². The van der Waals surface area contributed by atoms with Gasteiger partial charge in [0.15, 0.2) is 0 Å². The standard InChI is InChI=1S/C13H18N2O3S/c1-8(2)11(12(16)15-13(14)17)19-10-7-5-4-6-9(10)18-3/h4-8,11H,1-3H3,(H3,14,15,16,17). The number of methoxy groups -OCH3 is 1. The molecule has 5 nitrogen and oxygen atoms in total. The molecule has 0 spiro atoms. The van der Waals surface area contributed by atoms with Crippen molar-refractivity contribution in [2.75, 3.05) is 7.11 Å². The van der Waals surface area contributed by atoms with Crippen molar-refractivity contribution in [3.8, 4) is 5.75 Å². The molecule has 0 saturated carbocycles. The van der Waals surface area contributed by atoms with Gasteiger partial charge in [-0.1, -0.05) is 26.0 Å². The smallest absolute Gasteiger partial charge is 0.318 e. The second-order valence-corrected chi connectivity index (χ2v) is 5.47. The second-order valence-electron chi connectivity index (χ2n) is 4.29. The molecular weight excluding hydrogens is 264 g/mol. The highest BCUT2D eigenvalue weighted by Crippen LogP contribution is 2.34. The number of thioether (sulfide) groups is 1. The SMILES string of the molecule is COc1ccccc1SC(C(=O)NC(N)=O)C(C)C. The van der Waals surface area contributed by atoms with Crippen molar-refractivity contribution < 1.29 is 14.3 Å². The Morgan fingerprint density at radius 3 is 2.47 bits per heavy atom. The van der Waals surface area contributed by atoms with Gasteiger partial charge in [-0.25, -0.2) is 4.79 Å². The molecule has 1 aromatic rings. The summed E-state index contributed by atoms with van der Waals surface area (Å²) in [6.07, 6.45) is 0. The monoisotopic (exact) mass is 282 g/mol. The van der Waals surface area contributed by atoms with Crippen LogP contribution in [-0.4, -0.2) is 24.3 Å². The molecule has 1 atom stereocenters. The Morgan fingerprint density at radius 2 is 1.95 bits per heavy atom. The van der Waals surface area contributed by atoms with Crippen molar-refractivity contribution in [2.24, 2.45) is 11.7 Å². The van der Waals surface area contributed by atoms with E-state index in [-0.39, 0.29) is 5.92 Å². The number of amides is 3. The molecule has 1 aromatic carbocycles. The van der Waals surface area contributed by atoms with Crippen LogP contribution in [0.1, 0.15) is 13.8 Å². The van der Waals surface area contributed by atoms with Crippen LogP contribution in [0.4, 0.5) is 4.79 Å². The first kappa shape index (κ1) is 15.4. The van der Waals surface area contributed by atoms with E-state index >= 15 is 0 Å². The van der Waals surface area contributed by atoms with Crippen LogP contribution in [-0.2, 0) is 4.79 Å². The van der Waals surface area contributed by atoms with E-state index in [1.54, 1.807) is 7.11 Å². The minimum absolute atomic E-state index is 0.0502. The van der Waals surface area contributed by atoms with Gasteiger partial charge < -0.3 is 10.5 Å². The highest BCUT2D eigenvalue weighted by atomic mass is 32.2. The molecule has 19 heavy (non-hydrogen) atoms. The van der Waals surface area contributed by atoms with Crippen LogP contribution < -0.4 is 15.8 Å². The Bertz CT molecular complexity index is 463. The summed E-state index contributed by atoms with van der Waals surface area (Å²) in [5, 5.41) is 1.71. The fourth-order valence-electron chi connectivity index (χ4n) is 1.54. The van der Waals surface area contributed by atoms with Gasteiger partial charge in [0.05, 0.1) is 17.3 Å². The number of carbonyl (C=O) groups excluding carboxylic acids is 2. The number of rotatable bonds is 5. The summed E-state index contributed by atoms with van der Waals surface area (Å²) >= 11 is 1.35. The van der Waals surface area contributed by atoms with E-state index in [2.05, 4.69) is 5.32 Å². The predicted molar refractivity (Wildman–Crippen MR) is 75.2 cm³/mol. The number of hydrogen-bond acceptors (Lipinski definition) is 4. The lowest BCUT2D eigenvalue weighted by Crippen LogP contribution is -2.42. The first-order valence-corrected chi connectivity index (χ1v) is 6.73. The minimum atomic E-state index is -0.837. The lowest BCUT2D eigenvalue weighted by Gasteiger charge is -2.19. The average molecular weight is 282 g/mol. The van der Waals surface area contributed by atoms with Gasteiger partial charge in [0.2, 0.25) is 5.91 Å². The fraction of sp³-hybridized carbons (Fsp3) is 0.385. The molecule has 0 heterocycles. The number of para-hydroxylation sites is 1. The third kappa shape index (κ3) is 4.48. The van der Waals surface area contributed by atoms with Gasteiger partial charge in [-0.2, -0.15) is 0 Å². The van der Waals surface area contributed by atoms with Crippen LogP contribution in [0.15, 0.2) is 29.2 Å². The zero-order valence-corrected chi connectivity index (χ0v) is 12.0. The van der Waals surface area contributed by atoms with Crippen LogP contribution in [0.2, 0.25) is 0 Å². The Labute approximate surface area is 116 Å². The maximum absolute atomic E-state index is 11.9. The largest absolute Gasteiger partial charge is 0.496 e. The van der Waals surface area contributed by atoms with Crippen molar-refractivity contribution in [1.82, 2.24) is 5.32 Å². The quantitative estimate of drug-likeness (QED) is 0.809. The van der Waals surface area contributed by atoms with Crippen LogP contribution >= 0.6 is 11.8 Å². The van der Waals surface area contributed by atoms with Crippen molar-refractivity contribution in [3.63, 3.8) is 0 Å². The number of benzene rings is 1. The molecular formula is C13H18N2O3S. The molecule has 0 aliphatic carbocycles. The van der Waals surface area contributed by atoms with Gasteiger partial charge in [-0.15, -0.1) is 11.8 Å². The van der Waals surface area contributed by atoms with E-state index < -0.39 is 17.2 Å². The topological polar surface area (TPSA) is 81.4 Å². The molecule has 1 unspecified atom stereocenters. The Balaban J connectivity index is 2.89. The highest BCUT2D eigenvalue weighted by Gasteiger charge is 2.25. The van der Waals surface area contributed by atoms with Crippen LogP contribution in [0.5, 0.6) is 5.75 Å². The lowest BCUT2D eigenvalue weighted by molar-refractivity contribution is -0.120. The maximum Gasteiger partial charge on any atom is 0.318 e. The van der Waals surface area contributed by atoms with Crippen molar-refractivity contribution >= 4 is 23.7 Å². The Hall–Kier alpha value is -1.69. The Kier molecular flexibility index (Phi) is 5.69. The third-order valence-corrected chi connectivity index (χ3v) is 4.04. The summed E-state index contributed by atoms with van der Waals surface area (Å²) in [4.78, 5) is 23.5. The molecule has 0 fully saturated rings. The number of imide groups is 1. The molecule has 0 aliphatic rings. The number of primary amides is 1. The first-order chi connectivity index (χ1) is 8.95. The molecule has 0 saturated heterocycles. The number of nitrogens with one attached hydrogen (secondary N) is 1. The summed E-state index contributed by atoms with van der Waals surface area (Å²) < 4.78 is 5.24. The molecule has 3 amide bonds. The summed E-state index contributed by atoms with van der Waals surface area (Å²) in [6.45, 7) is 3.82. The number of ether oxygens (including phenoxy) is 1. The number of hydrogen-bond donors (Lipinski definition) is 2. The summed E-state index contributed by atoms with van der Waals surface area (Å²) in [5.41, 5.74) is 4.98. The maximum atomic E-state index is 11.9. The van der Waals surface area contributed by atoms with Gasteiger partial charge in [0.1, 0.15) is 5.75 Å². The van der Waals surface area contributed by atoms with Crippen LogP contribution in [0, 0.1) is 5.92 Å². The summed E-state index contributed by atoms with van der Waals surface area (Å²) in [6, 6.07) is 6.59. The van der Waals surface area contributed by atoms with Crippen LogP contribution in [0.25, 0.3) is 0 Å². The molecule has 3 N–H and O–H groups in total. The highest BCUT2D eigenvalue weighted by molar-refractivity contribution is 8.00. The van der Waals surface area contributed by atoms with Crippen molar-refractivity contribution in [1.29, 1.82) is 0 Å². The van der Waals surface area contributed by atoms with E-state index in [0.29, 0.717) is 5.75 Å². The molecule has 6 heteroatoms. The van der Waals surface area contributed by atoms with Gasteiger partial charge in [0.25, 0.3) is 0 Å². The van der Waals surface area contributed by atoms with E-state index in [0.717, 1.165) is 4.90 Å². The van der Waals surface area contributed by atoms with Gasteiger partial charge in [-0.3, -0.25) is 10.1 Å². The Morgan fingerprint density at radius 1 is 1.32 bits per heavy atom. The normalized spacial score (nSPS) is 12.0. The molecule has 0 aromatic heterocycles. The van der Waals surface area contributed by atoms with Gasteiger partial charge in [-0.05, 0) is 18.1 Å². The van der Waals surface area contributed by atoms with Gasteiger partial charge in [0, 0.05) is 0 Å². The zero-order valence-electron chi connectivity index (χ0n) is 11.2. The van der Waals surface area contributed by atoms with Crippen molar-refractivity contribution in [2.45, 2.75) is 24.0 Å². The van der Waals surface area contributed by atoms with E-state index in [1.165, 1.54) is 11.8 Å². The zero-order chi connectivity index (χ0) is 14.4. The summed E-state index contributed by atoms with van der Waals surface area (Å²) in [5.74, 6) is 0.359. The minimum Gasteiger partial charge on any atom is -0.496 e. The van der Waals surface area contributed by atoms with Crippen LogP contribution in [0.3, 0.4) is 0 Å². The van der Waals surface area contributed by atoms with Crippen molar-refractivity contribution in [3.05, 3.63) is 24.3 Å². The third-order valence-electron chi connectivity index (χ3n) is 2.43. The second kappa shape index (κ2) is 7.04. The predicted octanol–water partition coefficient (Wildman–Crippen LogP) is 2.01. The molecule has 0 radical (unpaired) electrons. The van der Waals surface area contributed by atoms with E-state index in [1.807, 2.05) is 38.1 Å². The average Bonchev–Trinajstić information content (AvgIpc) is 2.34. The number of nitrogens with two attached hydrogens (primary N) is 1. The van der Waals surface area contributed by atoms with Gasteiger partial charge >= 0.3 is 6.03 Å². The number of carbonyl (C=O) groups is 2. The first-order valence-electron chi connectivity index (χ1n) is 5.85. The molecule has 104 valence electrons. The van der Waals surface area contributed by atoms with E-state index in [4.69, 9.17) is 10.5 Å². The molecule has 1 rings (SSSR count). The lowest BCUT2D eigenvalue weighted by atomic mass is 10.1. The molecule has 0 bridgehead atoms.